The maximum Gasteiger partial charge on any atom is 0.0420 e. The van der Waals surface area contributed by atoms with Gasteiger partial charge in [-0.05, 0) is 13.8 Å². The third-order valence-corrected chi connectivity index (χ3v) is 0.561. The molecule has 0 aromatic rings. The van der Waals surface area contributed by atoms with E-state index in [0.717, 1.165) is 0 Å². The summed E-state index contributed by atoms with van der Waals surface area (Å²) in [4.78, 5) is 3.81. The third-order valence-electron chi connectivity index (χ3n) is 0.445. The summed E-state index contributed by atoms with van der Waals surface area (Å²) in [6.07, 6.45) is 1.80. The van der Waals surface area contributed by atoms with Crippen LogP contribution in [0.4, 0.5) is 0 Å². The van der Waals surface area contributed by atoms with Crippen LogP contribution >= 0.6 is 12.6 Å². The van der Waals surface area contributed by atoms with Crippen LogP contribution in [-0.4, -0.2) is 18.0 Å². The van der Waals surface area contributed by atoms with Crippen LogP contribution in [0.1, 0.15) is 13.8 Å². The van der Waals surface area contributed by atoms with Crippen molar-refractivity contribution >= 4 is 18.8 Å². The molecule has 2 heteroatoms. The molecule has 0 aromatic carbocycles. The molecule has 0 saturated heterocycles. The molecule has 0 amide bonds. The Kier molecular flexibility index (Phi) is 2.37. The van der Waals surface area contributed by atoms with E-state index in [1.807, 2.05) is 13.8 Å². The first-order valence-corrected chi connectivity index (χ1v) is 2.66. The molecule has 0 aromatic heterocycles. The van der Waals surface area contributed by atoms with Crippen LogP contribution in [0.3, 0.4) is 0 Å². The van der Waals surface area contributed by atoms with Gasteiger partial charge >= 0.3 is 0 Å². The maximum atomic E-state index is 4.19. The number of rotatable bonds is 1. The molecule has 1 nitrogen and oxygen atoms in total. The summed E-state index contributed by atoms with van der Waals surface area (Å²) in [5.74, 6) is 0. The van der Waals surface area contributed by atoms with Crippen LogP contribution in [0, 0.1) is 0 Å². The Morgan fingerprint density at radius 1 is 1.57 bits per heavy atom. The van der Waals surface area contributed by atoms with Crippen LogP contribution in [0.15, 0.2) is 4.99 Å². The van der Waals surface area contributed by atoms with Gasteiger partial charge in [-0.2, -0.15) is 12.6 Å². The summed E-state index contributed by atoms with van der Waals surface area (Å²) >= 11 is 4.19. The summed E-state index contributed by atoms with van der Waals surface area (Å²) in [5, 5.41) is 0. The molecular formula is C5H11NS. The van der Waals surface area contributed by atoms with Crippen LogP contribution in [-0.2, 0) is 0 Å². The number of hydrogen-bond donors (Lipinski definition) is 1. The smallest absolute Gasteiger partial charge is 0.0420 e. The first kappa shape index (κ1) is 7.02. The molecule has 0 rings (SSSR count). The van der Waals surface area contributed by atoms with Crippen molar-refractivity contribution in [2.24, 2.45) is 4.99 Å². The maximum absolute atomic E-state index is 4.19. The summed E-state index contributed by atoms with van der Waals surface area (Å²) < 4.78 is -0.0469. The Labute approximate surface area is 50.2 Å². The summed E-state index contributed by atoms with van der Waals surface area (Å²) in [7, 11) is 1.75. The van der Waals surface area contributed by atoms with Gasteiger partial charge in [0.05, 0.1) is 0 Å². The van der Waals surface area contributed by atoms with Gasteiger partial charge in [0.25, 0.3) is 0 Å². The predicted molar refractivity (Wildman–Crippen MR) is 37.5 cm³/mol. The van der Waals surface area contributed by atoms with Gasteiger partial charge in [-0.3, -0.25) is 4.99 Å². The Hall–Kier alpha value is 0.0200. The van der Waals surface area contributed by atoms with Crippen LogP contribution in [0.2, 0.25) is 0 Å². The zero-order valence-corrected chi connectivity index (χ0v) is 5.87. The van der Waals surface area contributed by atoms with Gasteiger partial charge in [0.1, 0.15) is 0 Å². The fourth-order valence-corrected chi connectivity index (χ4v) is 0.431. The van der Waals surface area contributed by atoms with E-state index in [1.54, 1.807) is 13.3 Å². The van der Waals surface area contributed by atoms with Crippen molar-refractivity contribution in [3.63, 3.8) is 0 Å². The molecular weight excluding hydrogens is 106 g/mol. The molecule has 0 bridgehead atoms. The van der Waals surface area contributed by atoms with Crippen molar-refractivity contribution in [2.45, 2.75) is 18.6 Å². The highest BCUT2D eigenvalue weighted by molar-refractivity contribution is 7.82. The molecule has 0 atom stereocenters. The van der Waals surface area contributed by atoms with Gasteiger partial charge in [0, 0.05) is 18.0 Å². The van der Waals surface area contributed by atoms with Gasteiger partial charge in [-0.25, -0.2) is 0 Å². The zero-order valence-electron chi connectivity index (χ0n) is 4.97. The lowest BCUT2D eigenvalue weighted by molar-refractivity contribution is 0.980. The predicted octanol–water partition coefficient (Wildman–Crippen LogP) is 1.40. The van der Waals surface area contributed by atoms with Crippen LogP contribution in [0.25, 0.3) is 0 Å². The van der Waals surface area contributed by atoms with E-state index in [1.165, 1.54) is 0 Å². The fourth-order valence-electron chi connectivity index (χ4n) is 0.316. The van der Waals surface area contributed by atoms with Gasteiger partial charge in [0.2, 0.25) is 0 Å². The van der Waals surface area contributed by atoms with Crippen molar-refractivity contribution in [1.29, 1.82) is 0 Å². The quantitative estimate of drug-likeness (QED) is 0.393. The van der Waals surface area contributed by atoms with E-state index in [0.29, 0.717) is 0 Å². The monoisotopic (exact) mass is 117 g/mol. The number of hydrogen-bond acceptors (Lipinski definition) is 2. The summed E-state index contributed by atoms with van der Waals surface area (Å²) in [6.45, 7) is 3.98. The molecule has 0 spiro atoms. The topological polar surface area (TPSA) is 12.4 Å². The number of nitrogens with zero attached hydrogens (tertiary/aromatic N) is 1. The minimum absolute atomic E-state index is 0.0469. The average Bonchev–Trinajstić information content (AvgIpc) is 1.30. The second-order valence-electron chi connectivity index (χ2n) is 2.04. The Balaban J connectivity index is 3.56. The standard InChI is InChI=1S/C5H11NS/c1-5(2,7)4-6-3/h4,7H,1-3H3/b6-4+. The Bertz CT molecular complexity index is 70.6. The van der Waals surface area contributed by atoms with Crippen molar-refractivity contribution < 1.29 is 0 Å². The molecule has 0 unspecified atom stereocenters. The van der Waals surface area contributed by atoms with E-state index in [4.69, 9.17) is 0 Å². The first-order valence-electron chi connectivity index (χ1n) is 2.22. The Morgan fingerprint density at radius 2 is 2.00 bits per heavy atom. The lowest BCUT2D eigenvalue weighted by Crippen LogP contribution is -2.10. The molecule has 0 N–H and O–H groups in total. The molecule has 0 saturated carbocycles. The first-order chi connectivity index (χ1) is 3.06. The zero-order chi connectivity index (χ0) is 5.91. The van der Waals surface area contributed by atoms with Crippen LogP contribution in [0.5, 0.6) is 0 Å². The molecule has 7 heavy (non-hydrogen) atoms. The summed E-state index contributed by atoms with van der Waals surface area (Å²) in [6, 6.07) is 0. The van der Waals surface area contributed by atoms with E-state index >= 15 is 0 Å². The lowest BCUT2D eigenvalue weighted by Gasteiger charge is -2.06. The van der Waals surface area contributed by atoms with E-state index in [9.17, 15) is 0 Å². The molecule has 0 aliphatic heterocycles. The van der Waals surface area contributed by atoms with Gasteiger partial charge in [-0.15, -0.1) is 0 Å². The molecule has 0 aliphatic carbocycles. The lowest BCUT2D eigenvalue weighted by atomic mass is 10.2. The molecule has 0 radical (unpaired) electrons. The molecule has 0 aliphatic rings. The van der Waals surface area contributed by atoms with Gasteiger partial charge in [0.15, 0.2) is 0 Å². The normalized spacial score (nSPS) is 13.1. The second kappa shape index (κ2) is 2.36. The van der Waals surface area contributed by atoms with E-state index in [-0.39, 0.29) is 4.75 Å². The Morgan fingerprint density at radius 3 is 2.00 bits per heavy atom. The SMILES string of the molecule is C/N=C/C(C)(C)S. The second-order valence-corrected chi connectivity index (χ2v) is 3.19. The highest BCUT2D eigenvalue weighted by atomic mass is 32.1. The minimum Gasteiger partial charge on any atom is -0.299 e. The molecule has 0 fully saturated rings. The van der Waals surface area contributed by atoms with Crippen LogP contribution < -0.4 is 0 Å². The van der Waals surface area contributed by atoms with Crippen molar-refractivity contribution in [2.75, 3.05) is 7.05 Å². The molecule has 42 valence electrons. The number of thiol groups is 1. The summed E-state index contributed by atoms with van der Waals surface area (Å²) in [5.41, 5.74) is 0. The van der Waals surface area contributed by atoms with Gasteiger partial charge in [-0.1, -0.05) is 0 Å². The van der Waals surface area contributed by atoms with Gasteiger partial charge < -0.3 is 0 Å². The fraction of sp³-hybridized carbons (Fsp3) is 0.800. The van der Waals surface area contributed by atoms with E-state index < -0.39 is 0 Å². The highest BCUT2D eigenvalue weighted by Gasteiger charge is 2.03. The minimum atomic E-state index is -0.0469. The number of aliphatic imine (C=N–C) groups is 1. The highest BCUT2D eigenvalue weighted by Crippen LogP contribution is 2.06. The largest absolute Gasteiger partial charge is 0.299 e. The van der Waals surface area contributed by atoms with Crippen molar-refractivity contribution in [1.82, 2.24) is 0 Å². The van der Waals surface area contributed by atoms with Crippen molar-refractivity contribution in [3.05, 3.63) is 0 Å². The molecule has 0 heterocycles. The average molecular weight is 117 g/mol. The third kappa shape index (κ3) is 6.02. The van der Waals surface area contributed by atoms with E-state index in [2.05, 4.69) is 17.6 Å². The van der Waals surface area contributed by atoms with Crippen molar-refractivity contribution in [3.8, 4) is 0 Å².